The predicted octanol–water partition coefficient (Wildman–Crippen LogP) is 0.662. The minimum atomic E-state index is -4.64. The van der Waals surface area contributed by atoms with Crippen molar-refractivity contribution in [3.63, 3.8) is 0 Å². The van der Waals surface area contributed by atoms with Gasteiger partial charge in [-0.1, -0.05) is 18.2 Å². The Morgan fingerprint density at radius 3 is 2.57 bits per heavy atom. The maximum atomic E-state index is 12.2. The molecule has 28 heavy (non-hydrogen) atoms. The number of benzene rings is 1. The van der Waals surface area contributed by atoms with Crippen LogP contribution in [0.2, 0.25) is 0 Å². The van der Waals surface area contributed by atoms with Crippen molar-refractivity contribution in [2.75, 3.05) is 19.7 Å². The Kier molecular flexibility index (Phi) is 8.18. The fourth-order valence-corrected chi connectivity index (χ4v) is 3.26. The van der Waals surface area contributed by atoms with E-state index in [1.807, 2.05) is 25.4 Å². The van der Waals surface area contributed by atoms with Gasteiger partial charge in [0.1, 0.15) is 6.04 Å². The lowest BCUT2D eigenvalue weighted by Crippen LogP contribution is -2.36. The molecule has 1 atom stereocenters. The Balaban J connectivity index is 0.000000500. The second-order valence-electron chi connectivity index (χ2n) is 6.93. The highest BCUT2D eigenvalue weighted by atomic mass is 31.2. The second-order valence-corrected chi connectivity index (χ2v) is 7.96. The molecule has 2 heterocycles. The summed E-state index contributed by atoms with van der Waals surface area (Å²) in [5.41, 5.74) is 8.31. The number of phosphoric acid groups is 1. The van der Waals surface area contributed by atoms with Crippen LogP contribution in [0.15, 0.2) is 30.5 Å². The van der Waals surface area contributed by atoms with Crippen LogP contribution in [-0.4, -0.2) is 51.0 Å². The van der Waals surface area contributed by atoms with Crippen LogP contribution in [0.1, 0.15) is 18.4 Å². The molecule has 1 aliphatic rings. The lowest BCUT2D eigenvalue weighted by atomic mass is 9.99. The summed E-state index contributed by atoms with van der Waals surface area (Å²) in [6.45, 7) is 2.50. The molecule has 3 rings (SSSR count). The summed E-state index contributed by atoms with van der Waals surface area (Å²) >= 11 is 0. The number of aromatic nitrogens is 1. The Hall–Kier alpha value is -1.74. The molecule has 1 fully saturated rings. The van der Waals surface area contributed by atoms with Crippen LogP contribution < -0.4 is 11.1 Å². The SMILES string of the molecule is Cn1cc(C[C@@H](N)C(=O)OCC2CCNCC2)c2ccccc21.O=P(O)(O)O. The Morgan fingerprint density at radius 1 is 1.32 bits per heavy atom. The quantitative estimate of drug-likeness (QED) is 0.355. The van der Waals surface area contributed by atoms with E-state index in [1.165, 1.54) is 0 Å². The van der Waals surface area contributed by atoms with Gasteiger partial charge in [-0.3, -0.25) is 4.79 Å². The number of piperidine rings is 1. The highest BCUT2D eigenvalue weighted by Crippen LogP contribution is 2.25. The zero-order valence-electron chi connectivity index (χ0n) is 15.8. The number of aryl methyl sites for hydroxylation is 1. The van der Waals surface area contributed by atoms with Gasteiger partial charge in [0.05, 0.1) is 6.61 Å². The topological polar surface area (TPSA) is 147 Å². The number of para-hydroxylation sites is 1. The first-order valence-electron chi connectivity index (χ1n) is 9.09. The molecule has 9 nitrogen and oxygen atoms in total. The number of hydrogen-bond acceptors (Lipinski definition) is 5. The number of nitrogens with one attached hydrogen (secondary N) is 1. The molecule has 0 saturated carbocycles. The molecule has 0 radical (unpaired) electrons. The molecule has 1 aromatic heterocycles. The lowest BCUT2D eigenvalue weighted by molar-refractivity contribution is -0.146. The van der Waals surface area contributed by atoms with Crippen LogP contribution in [0.3, 0.4) is 0 Å². The molecule has 0 spiro atoms. The normalized spacial score (nSPS) is 16.3. The number of ether oxygens (including phenoxy) is 1. The van der Waals surface area contributed by atoms with E-state index >= 15 is 0 Å². The van der Waals surface area contributed by atoms with Crippen molar-refractivity contribution >= 4 is 24.7 Å². The first-order chi connectivity index (χ1) is 13.1. The highest BCUT2D eigenvalue weighted by molar-refractivity contribution is 7.45. The van der Waals surface area contributed by atoms with E-state index in [9.17, 15) is 4.79 Å². The maximum absolute atomic E-state index is 12.2. The van der Waals surface area contributed by atoms with Crippen molar-refractivity contribution in [1.82, 2.24) is 9.88 Å². The molecule has 0 amide bonds. The zero-order valence-corrected chi connectivity index (χ0v) is 16.7. The van der Waals surface area contributed by atoms with Gasteiger partial charge < -0.3 is 35.0 Å². The van der Waals surface area contributed by atoms with E-state index < -0.39 is 13.9 Å². The van der Waals surface area contributed by atoms with Crippen LogP contribution in [0.5, 0.6) is 0 Å². The van der Waals surface area contributed by atoms with E-state index in [-0.39, 0.29) is 5.97 Å². The van der Waals surface area contributed by atoms with Crippen molar-refractivity contribution in [3.8, 4) is 0 Å². The van der Waals surface area contributed by atoms with Crippen molar-refractivity contribution in [1.29, 1.82) is 0 Å². The third-order valence-electron chi connectivity index (χ3n) is 4.64. The summed E-state index contributed by atoms with van der Waals surface area (Å²) in [7, 11) is -2.63. The summed E-state index contributed by atoms with van der Waals surface area (Å²) in [5, 5.41) is 4.46. The second kappa shape index (κ2) is 10.2. The van der Waals surface area contributed by atoms with Gasteiger partial charge in [0.25, 0.3) is 0 Å². The molecule has 0 aliphatic carbocycles. The van der Waals surface area contributed by atoms with E-state index in [0.717, 1.165) is 42.4 Å². The van der Waals surface area contributed by atoms with Gasteiger partial charge in [0.2, 0.25) is 0 Å². The standard InChI is InChI=1S/C18H25N3O2.H3O4P/c1-21-11-14(15-4-2-3-5-17(15)21)10-16(19)18(22)23-12-13-6-8-20-9-7-13;1-5(2,3)4/h2-5,11,13,16,20H,6-10,12,19H2,1H3;(H3,1,2,3,4)/t16-;/m1./s1. The number of hydrogen-bond donors (Lipinski definition) is 5. The Morgan fingerprint density at radius 2 is 1.93 bits per heavy atom. The smallest absolute Gasteiger partial charge is 0.464 e. The number of carbonyl (C=O) groups is 1. The molecular weight excluding hydrogens is 385 g/mol. The van der Waals surface area contributed by atoms with Gasteiger partial charge in [-0.2, -0.15) is 0 Å². The summed E-state index contributed by atoms with van der Waals surface area (Å²) in [5.74, 6) is 0.168. The number of rotatable bonds is 5. The fraction of sp³-hybridized carbons (Fsp3) is 0.500. The lowest BCUT2D eigenvalue weighted by Gasteiger charge is -2.22. The fourth-order valence-electron chi connectivity index (χ4n) is 3.26. The molecular formula is C18H28N3O6P. The van der Waals surface area contributed by atoms with Crippen LogP contribution in [0.25, 0.3) is 10.9 Å². The Labute approximate surface area is 163 Å². The molecule has 1 aliphatic heterocycles. The predicted molar refractivity (Wildman–Crippen MR) is 105 cm³/mol. The largest absolute Gasteiger partial charge is 0.466 e. The third kappa shape index (κ3) is 7.35. The summed E-state index contributed by atoms with van der Waals surface area (Å²) in [6.07, 6.45) is 4.68. The van der Waals surface area contributed by atoms with Crippen molar-refractivity contribution in [3.05, 3.63) is 36.0 Å². The maximum Gasteiger partial charge on any atom is 0.466 e. The molecule has 0 unspecified atom stereocenters. The molecule has 156 valence electrons. The molecule has 0 bridgehead atoms. The van der Waals surface area contributed by atoms with Gasteiger partial charge in [-0.05, 0) is 43.5 Å². The summed E-state index contributed by atoms with van der Waals surface area (Å²) in [4.78, 5) is 33.7. The zero-order chi connectivity index (χ0) is 20.7. The first-order valence-corrected chi connectivity index (χ1v) is 10.7. The monoisotopic (exact) mass is 413 g/mol. The summed E-state index contributed by atoms with van der Waals surface area (Å²) < 4.78 is 16.4. The van der Waals surface area contributed by atoms with Gasteiger partial charge in [-0.15, -0.1) is 0 Å². The summed E-state index contributed by atoms with van der Waals surface area (Å²) in [6, 6.07) is 7.55. The highest BCUT2D eigenvalue weighted by Gasteiger charge is 2.21. The van der Waals surface area contributed by atoms with E-state index in [2.05, 4.69) is 22.0 Å². The molecule has 1 saturated heterocycles. The number of fused-ring (bicyclic) bond motifs is 1. The minimum Gasteiger partial charge on any atom is -0.464 e. The molecule has 1 aromatic carbocycles. The van der Waals surface area contributed by atoms with Crippen LogP contribution in [0, 0.1) is 5.92 Å². The van der Waals surface area contributed by atoms with Gasteiger partial charge >= 0.3 is 13.8 Å². The average Bonchev–Trinajstić information content (AvgIpc) is 2.95. The van der Waals surface area contributed by atoms with E-state index in [4.69, 9.17) is 29.7 Å². The van der Waals surface area contributed by atoms with Crippen LogP contribution in [-0.2, 0) is 27.6 Å². The Bertz CT molecular complexity index is 820. The number of carbonyl (C=O) groups excluding carboxylic acids is 1. The van der Waals surface area contributed by atoms with E-state index in [0.29, 0.717) is 18.9 Å². The van der Waals surface area contributed by atoms with Crippen LogP contribution >= 0.6 is 7.82 Å². The van der Waals surface area contributed by atoms with Gasteiger partial charge in [0.15, 0.2) is 0 Å². The van der Waals surface area contributed by atoms with Crippen LogP contribution in [0.4, 0.5) is 0 Å². The van der Waals surface area contributed by atoms with Crippen molar-refractivity contribution in [2.45, 2.75) is 25.3 Å². The molecule has 6 N–H and O–H groups in total. The average molecular weight is 413 g/mol. The van der Waals surface area contributed by atoms with Crippen molar-refractivity contribution in [2.24, 2.45) is 18.7 Å². The molecule has 2 aromatic rings. The number of esters is 1. The third-order valence-corrected chi connectivity index (χ3v) is 4.64. The molecule has 10 heteroatoms. The van der Waals surface area contributed by atoms with E-state index in [1.54, 1.807) is 0 Å². The van der Waals surface area contributed by atoms with Crippen molar-refractivity contribution < 1.29 is 28.8 Å². The minimum absolute atomic E-state index is 0.295. The van der Waals surface area contributed by atoms with Gasteiger partial charge in [0, 0.05) is 30.6 Å². The number of nitrogens with zero attached hydrogens (tertiary/aromatic N) is 1. The van der Waals surface area contributed by atoms with Gasteiger partial charge in [-0.25, -0.2) is 4.57 Å². The number of nitrogens with two attached hydrogens (primary N) is 1. The first kappa shape index (κ1) is 22.5.